The second-order valence-electron chi connectivity index (χ2n) is 7.13. The Bertz CT molecular complexity index is 298. The number of carbonyl (C=O) groups excluding carboxylic acids is 1. The lowest BCUT2D eigenvalue weighted by Gasteiger charge is -2.37. The van der Waals surface area contributed by atoms with E-state index >= 15 is 0 Å². The number of rotatable bonds is 8. The Balaban J connectivity index is 2.53. The number of ether oxygens (including phenoxy) is 1. The van der Waals surface area contributed by atoms with Crippen molar-refractivity contribution in [3.8, 4) is 0 Å². The van der Waals surface area contributed by atoms with E-state index in [9.17, 15) is 4.79 Å². The van der Waals surface area contributed by atoms with Gasteiger partial charge in [-0.1, -0.05) is 41.0 Å². The molecular weight excluding hydrogens is 262 g/mol. The Morgan fingerprint density at radius 2 is 1.81 bits per heavy atom. The van der Waals surface area contributed by atoms with Gasteiger partial charge in [0, 0.05) is 0 Å². The van der Waals surface area contributed by atoms with Gasteiger partial charge in [0.2, 0.25) is 0 Å². The zero-order valence-electron chi connectivity index (χ0n) is 14.7. The highest BCUT2D eigenvalue weighted by Gasteiger charge is 2.33. The Hall–Kier alpha value is -0.570. The quantitative estimate of drug-likeness (QED) is 0.631. The molecule has 0 bridgehead atoms. The average molecular weight is 297 g/mol. The van der Waals surface area contributed by atoms with Crippen molar-refractivity contribution in [1.82, 2.24) is 4.90 Å². The number of nitrogens with zero attached hydrogens (tertiary/aromatic N) is 1. The molecule has 3 nitrogen and oxygen atoms in total. The molecule has 3 heteroatoms. The third kappa shape index (κ3) is 6.37. The van der Waals surface area contributed by atoms with Crippen LogP contribution < -0.4 is 0 Å². The summed E-state index contributed by atoms with van der Waals surface area (Å²) in [5, 5.41) is 0. The van der Waals surface area contributed by atoms with Crippen molar-refractivity contribution in [3.05, 3.63) is 0 Å². The van der Waals surface area contributed by atoms with Crippen LogP contribution in [0.25, 0.3) is 0 Å². The van der Waals surface area contributed by atoms with E-state index in [0.717, 1.165) is 32.4 Å². The van der Waals surface area contributed by atoms with Crippen molar-refractivity contribution >= 4 is 5.97 Å². The molecular formula is C18H35NO2. The molecule has 1 fully saturated rings. The predicted molar refractivity (Wildman–Crippen MR) is 88.2 cm³/mol. The fourth-order valence-electron chi connectivity index (χ4n) is 3.54. The van der Waals surface area contributed by atoms with Crippen molar-refractivity contribution in [2.24, 2.45) is 17.8 Å². The minimum Gasteiger partial charge on any atom is -0.461 e. The molecule has 0 aliphatic heterocycles. The van der Waals surface area contributed by atoms with Crippen molar-refractivity contribution in [3.63, 3.8) is 0 Å². The fourth-order valence-corrected chi connectivity index (χ4v) is 3.54. The van der Waals surface area contributed by atoms with Crippen LogP contribution in [-0.2, 0) is 9.53 Å². The summed E-state index contributed by atoms with van der Waals surface area (Å²) in [6.07, 6.45) is 5.81. The fraction of sp³-hybridized carbons (Fsp3) is 0.944. The summed E-state index contributed by atoms with van der Waals surface area (Å²) in [7, 11) is 0. The van der Waals surface area contributed by atoms with Gasteiger partial charge in [0.1, 0.15) is 6.10 Å². The van der Waals surface area contributed by atoms with Gasteiger partial charge < -0.3 is 4.74 Å². The molecule has 1 aliphatic rings. The number of hydrogen-bond donors (Lipinski definition) is 0. The van der Waals surface area contributed by atoms with Gasteiger partial charge in [-0.25, -0.2) is 0 Å². The van der Waals surface area contributed by atoms with Gasteiger partial charge in [0.25, 0.3) is 0 Å². The van der Waals surface area contributed by atoms with E-state index in [1.165, 1.54) is 12.8 Å². The second-order valence-corrected chi connectivity index (χ2v) is 7.13. The summed E-state index contributed by atoms with van der Waals surface area (Å²) in [6.45, 7) is 13.5. The van der Waals surface area contributed by atoms with Gasteiger partial charge in [-0.05, 0) is 56.5 Å². The third-order valence-electron chi connectivity index (χ3n) is 4.68. The smallest absolute Gasteiger partial charge is 0.320 e. The van der Waals surface area contributed by atoms with Crippen LogP contribution in [0.5, 0.6) is 0 Å². The minimum absolute atomic E-state index is 0.0262. The maximum absolute atomic E-state index is 12.3. The standard InChI is InChI=1S/C18H35NO2/c1-6-10-19(11-7-2)13-18(20)21-17-12-15(5)8-9-16(17)14(3)4/h14-17H,6-13H2,1-5H3/t15-,16+,17-/m1/s1. The Morgan fingerprint density at radius 1 is 1.19 bits per heavy atom. The van der Waals surface area contributed by atoms with Gasteiger partial charge in [-0.2, -0.15) is 0 Å². The van der Waals surface area contributed by atoms with Gasteiger partial charge >= 0.3 is 5.97 Å². The molecule has 0 radical (unpaired) electrons. The van der Waals surface area contributed by atoms with Crippen molar-refractivity contribution in [1.29, 1.82) is 0 Å². The monoisotopic (exact) mass is 297 g/mol. The van der Waals surface area contributed by atoms with E-state index < -0.39 is 0 Å². The predicted octanol–water partition coefficient (Wildman–Crippen LogP) is 4.11. The van der Waals surface area contributed by atoms with Gasteiger partial charge in [0.15, 0.2) is 0 Å². The van der Waals surface area contributed by atoms with Crippen LogP contribution in [-0.4, -0.2) is 36.6 Å². The van der Waals surface area contributed by atoms with E-state index in [2.05, 4.69) is 39.5 Å². The van der Waals surface area contributed by atoms with Crippen LogP contribution in [0.1, 0.15) is 66.7 Å². The molecule has 21 heavy (non-hydrogen) atoms. The first-order valence-corrected chi connectivity index (χ1v) is 8.89. The largest absolute Gasteiger partial charge is 0.461 e. The molecule has 0 N–H and O–H groups in total. The molecule has 0 unspecified atom stereocenters. The number of carbonyl (C=O) groups is 1. The Morgan fingerprint density at radius 3 is 2.33 bits per heavy atom. The maximum Gasteiger partial charge on any atom is 0.320 e. The first kappa shape index (κ1) is 18.5. The van der Waals surface area contributed by atoms with Crippen molar-refractivity contribution in [2.75, 3.05) is 19.6 Å². The van der Waals surface area contributed by atoms with Crippen LogP contribution in [0.4, 0.5) is 0 Å². The number of hydrogen-bond acceptors (Lipinski definition) is 3. The van der Waals surface area contributed by atoms with Crippen molar-refractivity contribution in [2.45, 2.75) is 72.8 Å². The summed E-state index contributed by atoms with van der Waals surface area (Å²) in [6, 6.07) is 0. The highest BCUT2D eigenvalue weighted by molar-refractivity contribution is 5.71. The molecule has 0 spiro atoms. The van der Waals surface area contributed by atoms with Crippen molar-refractivity contribution < 1.29 is 9.53 Å². The molecule has 3 atom stereocenters. The van der Waals surface area contributed by atoms with E-state index in [1.807, 2.05) is 0 Å². The Labute approximate surface area is 131 Å². The summed E-state index contributed by atoms with van der Waals surface area (Å²) in [5.74, 6) is 1.79. The van der Waals surface area contributed by atoms with Crippen LogP contribution in [0.2, 0.25) is 0 Å². The van der Waals surface area contributed by atoms with E-state index in [-0.39, 0.29) is 12.1 Å². The highest BCUT2D eigenvalue weighted by Crippen LogP contribution is 2.35. The lowest BCUT2D eigenvalue weighted by Crippen LogP contribution is -2.39. The lowest BCUT2D eigenvalue weighted by atomic mass is 9.75. The maximum atomic E-state index is 12.3. The van der Waals surface area contributed by atoms with E-state index in [0.29, 0.717) is 24.3 Å². The first-order chi connectivity index (χ1) is 9.97. The second kappa shape index (κ2) is 9.45. The molecule has 0 aromatic carbocycles. The molecule has 1 saturated carbocycles. The first-order valence-electron chi connectivity index (χ1n) is 8.89. The van der Waals surface area contributed by atoms with E-state index in [4.69, 9.17) is 4.74 Å². The summed E-state index contributed by atoms with van der Waals surface area (Å²) in [5.41, 5.74) is 0. The zero-order valence-corrected chi connectivity index (χ0v) is 14.7. The van der Waals surface area contributed by atoms with E-state index in [1.54, 1.807) is 0 Å². The molecule has 0 saturated heterocycles. The highest BCUT2D eigenvalue weighted by atomic mass is 16.5. The zero-order chi connectivity index (χ0) is 15.8. The molecule has 0 aromatic heterocycles. The van der Waals surface area contributed by atoms with Crippen LogP contribution >= 0.6 is 0 Å². The normalized spacial score (nSPS) is 26.3. The minimum atomic E-state index is -0.0262. The third-order valence-corrected chi connectivity index (χ3v) is 4.68. The lowest BCUT2D eigenvalue weighted by molar-refractivity contribution is -0.157. The molecule has 124 valence electrons. The summed E-state index contributed by atoms with van der Waals surface area (Å²) >= 11 is 0. The van der Waals surface area contributed by atoms with Crippen LogP contribution in [0, 0.1) is 17.8 Å². The Kier molecular flexibility index (Phi) is 8.31. The topological polar surface area (TPSA) is 29.5 Å². The van der Waals surface area contributed by atoms with Gasteiger partial charge in [-0.15, -0.1) is 0 Å². The molecule has 0 aromatic rings. The number of esters is 1. The molecule has 1 rings (SSSR count). The van der Waals surface area contributed by atoms with Crippen LogP contribution in [0.15, 0.2) is 0 Å². The summed E-state index contributed by atoms with van der Waals surface area (Å²) in [4.78, 5) is 14.5. The average Bonchev–Trinajstić information content (AvgIpc) is 2.38. The summed E-state index contributed by atoms with van der Waals surface area (Å²) < 4.78 is 5.88. The molecule has 0 amide bonds. The SMILES string of the molecule is CCCN(CCC)CC(=O)O[C@@H]1C[C@H](C)CC[C@H]1C(C)C. The van der Waals surface area contributed by atoms with Crippen LogP contribution in [0.3, 0.4) is 0 Å². The molecule has 0 heterocycles. The van der Waals surface area contributed by atoms with Gasteiger partial charge in [-0.3, -0.25) is 9.69 Å². The molecule has 1 aliphatic carbocycles. The van der Waals surface area contributed by atoms with Gasteiger partial charge in [0.05, 0.1) is 6.54 Å².